The van der Waals surface area contributed by atoms with Gasteiger partial charge < -0.3 is 37.4 Å². The second kappa shape index (κ2) is 10.2. The van der Waals surface area contributed by atoms with Gasteiger partial charge in [0.2, 0.25) is 0 Å². The number of anilines is 2. The third-order valence-electron chi connectivity index (χ3n) is 5.47. The van der Waals surface area contributed by atoms with Crippen molar-refractivity contribution >= 4 is 28.9 Å². The molecule has 7 N–H and O–H groups in total. The first-order valence-corrected chi connectivity index (χ1v) is 10.5. The number of hydrogen-bond acceptors (Lipinski definition) is 7. The van der Waals surface area contributed by atoms with E-state index < -0.39 is 0 Å². The van der Waals surface area contributed by atoms with Gasteiger partial charge in [0.1, 0.15) is 0 Å². The molecule has 164 valence electrons. The number of benzene rings is 2. The van der Waals surface area contributed by atoms with Gasteiger partial charge in [0.25, 0.3) is 0 Å². The molecule has 7 heteroatoms. The largest absolute Gasteiger partial charge is 0.398 e. The molecule has 1 aliphatic rings. The molecule has 1 unspecified atom stereocenters. The van der Waals surface area contributed by atoms with Crippen molar-refractivity contribution in [3.63, 3.8) is 0 Å². The first-order valence-electron chi connectivity index (χ1n) is 10.5. The number of fused-ring (bicyclic) bond motifs is 1. The zero-order valence-corrected chi connectivity index (χ0v) is 18.5. The van der Waals surface area contributed by atoms with Crippen LogP contribution in [-0.4, -0.2) is 57.1 Å². The zero-order valence-electron chi connectivity index (χ0n) is 18.5. The maximum atomic E-state index is 8.82. The molecular formula is C24H33N7. The van der Waals surface area contributed by atoms with E-state index in [1.165, 1.54) is 17.3 Å². The Kier molecular flexibility index (Phi) is 7.44. The van der Waals surface area contributed by atoms with Gasteiger partial charge in [-0.2, -0.15) is 0 Å². The molecule has 1 heterocycles. The van der Waals surface area contributed by atoms with E-state index in [1.54, 1.807) is 13.2 Å². The molecule has 0 saturated heterocycles. The summed E-state index contributed by atoms with van der Waals surface area (Å²) in [7, 11) is 5.95. The summed E-state index contributed by atoms with van der Waals surface area (Å²) < 4.78 is 0. The van der Waals surface area contributed by atoms with E-state index in [4.69, 9.17) is 16.6 Å². The monoisotopic (exact) mass is 419 g/mol. The van der Waals surface area contributed by atoms with Gasteiger partial charge in [-0.1, -0.05) is 18.2 Å². The van der Waals surface area contributed by atoms with Crippen LogP contribution in [0, 0.1) is 10.8 Å². The van der Waals surface area contributed by atoms with Crippen LogP contribution in [0.1, 0.15) is 22.3 Å². The third kappa shape index (κ3) is 5.51. The molecule has 1 aliphatic heterocycles. The van der Waals surface area contributed by atoms with Crippen LogP contribution in [-0.2, 0) is 13.0 Å². The minimum atomic E-state index is -0.124. The molecule has 0 bridgehead atoms. The van der Waals surface area contributed by atoms with Crippen LogP contribution in [0.25, 0.3) is 5.57 Å². The van der Waals surface area contributed by atoms with Gasteiger partial charge in [-0.05, 0) is 49.0 Å². The highest BCUT2D eigenvalue weighted by Gasteiger charge is 2.26. The van der Waals surface area contributed by atoms with Gasteiger partial charge in [0.05, 0.1) is 11.8 Å². The van der Waals surface area contributed by atoms with Crippen LogP contribution in [0.15, 0.2) is 42.6 Å². The van der Waals surface area contributed by atoms with Gasteiger partial charge in [-0.25, -0.2) is 0 Å². The second-order valence-electron chi connectivity index (χ2n) is 8.12. The van der Waals surface area contributed by atoms with Crippen molar-refractivity contribution in [3.05, 3.63) is 64.9 Å². The van der Waals surface area contributed by atoms with Crippen molar-refractivity contribution in [2.24, 2.45) is 0 Å². The zero-order chi connectivity index (χ0) is 22.4. The molecule has 31 heavy (non-hydrogen) atoms. The lowest BCUT2D eigenvalue weighted by molar-refractivity contribution is 0.400. The van der Waals surface area contributed by atoms with Crippen LogP contribution in [0.5, 0.6) is 0 Å². The molecule has 0 amide bonds. The average molecular weight is 420 g/mol. The summed E-state index contributed by atoms with van der Waals surface area (Å²) in [4.78, 5) is 2.16. The normalized spacial score (nSPS) is 15.5. The number of likely N-dealkylation sites (N-methyl/N-ethyl adjacent to an activating group) is 1. The van der Waals surface area contributed by atoms with Gasteiger partial charge in [0, 0.05) is 68.0 Å². The fraction of sp³-hybridized carbons (Fsp3) is 0.333. The highest BCUT2D eigenvalue weighted by atomic mass is 15.1. The minimum Gasteiger partial charge on any atom is -0.398 e. The Bertz CT molecular complexity index is 978. The first-order chi connectivity index (χ1) is 14.9. The maximum Gasteiger partial charge on any atom is 0.0726 e. The van der Waals surface area contributed by atoms with E-state index in [1.807, 2.05) is 18.2 Å². The van der Waals surface area contributed by atoms with Crippen LogP contribution in [0.4, 0.5) is 11.4 Å². The number of nitrogen functional groups attached to an aromatic ring is 1. The van der Waals surface area contributed by atoms with E-state index in [-0.39, 0.29) is 6.04 Å². The fourth-order valence-electron chi connectivity index (χ4n) is 3.76. The lowest BCUT2D eigenvalue weighted by Gasteiger charge is -2.16. The number of allylic oxidation sites excluding steroid dienone is 1. The highest BCUT2D eigenvalue weighted by Crippen LogP contribution is 2.30. The van der Waals surface area contributed by atoms with Crippen molar-refractivity contribution in [1.29, 1.82) is 10.8 Å². The number of rotatable bonds is 10. The molecule has 0 spiro atoms. The molecule has 3 rings (SSSR count). The van der Waals surface area contributed by atoms with Crippen LogP contribution in [0.2, 0.25) is 0 Å². The lowest BCUT2D eigenvalue weighted by Crippen LogP contribution is -2.28. The highest BCUT2D eigenvalue weighted by molar-refractivity contribution is 6.12. The van der Waals surface area contributed by atoms with Gasteiger partial charge in [0.15, 0.2) is 0 Å². The summed E-state index contributed by atoms with van der Waals surface area (Å²) in [5.74, 6) is 0. The summed E-state index contributed by atoms with van der Waals surface area (Å²) in [5, 5.41) is 26.4. The number of hydrogen-bond donors (Lipinski definition) is 6. The van der Waals surface area contributed by atoms with Gasteiger partial charge in [-0.15, -0.1) is 0 Å². The van der Waals surface area contributed by atoms with E-state index in [0.717, 1.165) is 42.9 Å². The second-order valence-corrected chi connectivity index (χ2v) is 8.12. The number of nitrogens with zero attached hydrogens (tertiary/aromatic N) is 1. The lowest BCUT2D eigenvalue weighted by atomic mass is 9.95. The standard InChI is InChI=1S/C24H33N7/c1-28-15-19(13-25)17-5-6-21(26)20(11-17)24(27)23-12-18-10-16(4-7-22(18)30-23)14-29-8-9-31(2)3/h4-7,10-11,13,15,23,25,27-30H,8-9,12,14,26H2,1-3H3/b19-15+,25-13?,27-24?. The Labute approximate surface area is 184 Å². The van der Waals surface area contributed by atoms with Crippen LogP contribution in [0.3, 0.4) is 0 Å². The summed E-state index contributed by atoms with van der Waals surface area (Å²) in [6, 6.07) is 11.9. The van der Waals surface area contributed by atoms with Crippen LogP contribution < -0.4 is 21.7 Å². The summed E-state index contributed by atoms with van der Waals surface area (Å²) in [5.41, 5.74) is 13.1. The first kappa shape index (κ1) is 22.5. The van der Waals surface area contributed by atoms with Crippen molar-refractivity contribution < 1.29 is 0 Å². The Morgan fingerprint density at radius 1 is 1.26 bits per heavy atom. The third-order valence-corrected chi connectivity index (χ3v) is 5.47. The summed E-state index contributed by atoms with van der Waals surface area (Å²) in [6.07, 6.45) is 3.82. The Morgan fingerprint density at radius 2 is 2.06 bits per heavy atom. The average Bonchev–Trinajstić information content (AvgIpc) is 3.18. The van der Waals surface area contributed by atoms with Gasteiger partial charge in [-0.3, -0.25) is 0 Å². The molecule has 0 aromatic heterocycles. The smallest absolute Gasteiger partial charge is 0.0726 e. The molecular weight excluding hydrogens is 386 g/mol. The predicted molar refractivity (Wildman–Crippen MR) is 131 cm³/mol. The molecule has 0 fully saturated rings. The van der Waals surface area contributed by atoms with E-state index in [0.29, 0.717) is 17.0 Å². The SMILES string of the molecule is CN/C=C(\C=N)c1ccc(N)c(C(=N)C2Cc3cc(CNCCN(C)C)ccc3N2)c1. The maximum absolute atomic E-state index is 8.82. The number of nitrogens with one attached hydrogen (secondary N) is 5. The Balaban J connectivity index is 1.72. The molecule has 0 radical (unpaired) electrons. The van der Waals surface area contributed by atoms with E-state index >= 15 is 0 Å². The summed E-state index contributed by atoms with van der Waals surface area (Å²) >= 11 is 0. The molecule has 0 aliphatic carbocycles. The minimum absolute atomic E-state index is 0.124. The molecule has 0 saturated carbocycles. The van der Waals surface area contributed by atoms with Crippen molar-refractivity contribution in [1.82, 2.24) is 15.5 Å². The van der Waals surface area contributed by atoms with Crippen molar-refractivity contribution in [2.75, 3.05) is 45.3 Å². The van der Waals surface area contributed by atoms with E-state index in [2.05, 4.69) is 53.1 Å². The molecule has 2 aromatic carbocycles. The van der Waals surface area contributed by atoms with Crippen LogP contribution >= 0.6 is 0 Å². The fourth-order valence-corrected chi connectivity index (χ4v) is 3.76. The quantitative estimate of drug-likeness (QED) is 0.201. The molecule has 2 aromatic rings. The Morgan fingerprint density at radius 3 is 2.77 bits per heavy atom. The van der Waals surface area contributed by atoms with Gasteiger partial charge >= 0.3 is 0 Å². The summed E-state index contributed by atoms with van der Waals surface area (Å²) in [6.45, 7) is 2.79. The van der Waals surface area contributed by atoms with Crippen molar-refractivity contribution in [2.45, 2.75) is 19.0 Å². The molecule has 1 atom stereocenters. The molecule has 7 nitrogen and oxygen atoms in total. The Hall–Kier alpha value is -3.16. The van der Waals surface area contributed by atoms with E-state index in [9.17, 15) is 0 Å². The van der Waals surface area contributed by atoms with Crippen molar-refractivity contribution in [3.8, 4) is 0 Å². The topological polar surface area (TPSA) is 113 Å². The number of nitrogens with two attached hydrogens (primary N) is 1. The predicted octanol–water partition coefficient (Wildman–Crippen LogP) is 2.53.